The van der Waals surface area contributed by atoms with E-state index in [9.17, 15) is 18.4 Å². The zero-order valence-electron chi connectivity index (χ0n) is 13.7. The number of hydrogen-bond acceptors (Lipinski definition) is 3. The van der Waals surface area contributed by atoms with Crippen molar-refractivity contribution in [3.8, 4) is 5.75 Å². The third kappa shape index (κ3) is 3.24. The van der Waals surface area contributed by atoms with Crippen LogP contribution < -0.4 is 10.1 Å². The van der Waals surface area contributed by atoms with E-state index in [0.717, 1.165) is 5.56 Å². The molecule has 1 N–H and O–H groups in total. The number of amides is 2. The number of nitrogens with one attached hydrogen (secondary N) is 1. The number of carbonyl (C=O) groups is 2. The lowest BCUT2D eigenvalue weighted by molar-refractivity contribution is -0.116. The largest absolute Gasteiger partial charge is 0.484 e. The molecule has 134 valence electrons. The van der Waals surface area contributed by atoms with Crippen molar-refractivity contribution in [1.82, 2.24) is 4.90 Å². The van der Waals surface area contributed by atoms with E-state index >= 15 is 0 Å². The van der Waals surface area contributed by atoms with Crippen LogP contribution in [0.2, 0.25) is 0 Å². The molecule has 0 radical (unpaired) electrons. The topological polar surface area (TPSA) is 58.6 Å². The summed E-state index contributed by atoms with van der Waals surface area (Å²) in [7, 11) is 0. The molecule has 1 aliphatic carbocycles. The third-order valence-corrected chi connectivity index (χ3v) is 4.42. The highest BCUT2D eigenvalue weighted by Gasteiger charge is 2.59. The zero-order valence-corrected chi connectivity index (χ0v) is 13.7. The van der Waals surface area contributed by atoms with E-state index in [1.807, 2.05) is 18.2 Å². The van der Waals surface area contributed by atoms with E-state index in [1.54, 1.807) is 6.07 Å². The Morgan fingerprint density at radius 3 is 2.50 bits per heavy atom. The van der Waals surface area contributed by atoms with Crippen molar-refractivity contribution < 1.29 is 23.1 Å². The summed E-state index contributed by atoms with van der Waals surface area (Å²) in [6.07, 6.45) is -1.37. The summed E-state index contributed by atoms with van der Waals surface area (Å²) >= 11 is 0. The first-order valence-electron chi connectivity index (χ1n) is 8.24. The summed E-state index contributed by atoms with van der Waals surface area (Å²) in [6, 6.07) is 13.3. The molecule has 1 heterocycles. The van der Waals surface area contributed by atoms with Gasteiger partial charge in [-0.05, 0) is 35.9 Å². The molecule has 26 heavy (non-hydrogen) atoms. The number of benzene rings is 2. The number of anilines is 1. The Hall–Kier alpha value is -2.96. The quantitative estimate of drug-likeness (QED) is 0.917. The molecular formula is C19H16F2N2O3. The van der Waals surface area contributed by atoms with Gasteiger partial charge in [-0.3, -0.25) is 9.59 Å². The van der Waals surface area contributed by atoms with Gasteiger partial charge in [-0.1, -0.05) is 18.2 Å². The molecule has 7 heteroatoms. The minimum absolute atomic E-state index is 0.0555. The second-order valence-electron chi connectivity index (χ2n) is 6.46. The van der Waals surface area contributed by atoms with Gasteiger partial charge in [-0.2, -0.15) is 0 Å². The Bertz CT molecular complexity index is 867. The minimum atomic E-state index is -2.76. The molecule has 5 nitrogen and oxygen atoms in total. The Balaban J connectivity index is 1.49. The highest BCUT2D eigenvalue weighted by molar-refractivity contribution is 6.00. The molecule has 0 bridgehead atoms. The Morgan fingerprint density at radius 2 is 1.81 bits per heavy atom. The number of hydrogen-bond donors (Lipinski definition) is 1. The molecule has 1 aliphatic heterocycles. The average molecular weight is 358 g/mol. The molecule has 1 saturated carbocycles. The standard InChI is InChI=1S/C19H16F2N2O3/c20-19(21)9-16(19)26-14-7-5-12(6-8-14)18(25)23-10-13-3-1-2-4-15(13)22-17(24)11-23/h1-8,16H,9-11H2,(H,22,24). The molecule has 2 aromatic carbocycles. The number of para-hydroxylation sites is 1. The van der Waals surface area contributed by atoms with Crippen LogP contribution in [-0.4, -0.2) is 35.3 Å². The number of nitrogens with zero attached hydrogens (tertiary/aromatic N) is 1. The van der Waals surface area contributed by atoms with Crippen molar-refractivity contribution in [1.29, 1.82) is 0 Å². The van der Waals surface area contributed by atoms with Crippen molar-refractivity contribution in [2.75, 3.05) is 11.9 Å². The van der Waals surface area contributed by atoms with Gasteiger partial charge >= 0.3 is 0 Å². The summed E-state index contributed by atoms with van der Waals surface area (Å²) < 4.78 is 31.0. The molecule has 1 unspecified atom stereocenters. The lowest BCUT2D eigenvalue weighted by Gasteiger charge is -2.19. The normalized spacial score (nSPS) is 20.6. The predicted octanol–water partition coefficient (Wildman–Crippen LogP) is 3.07. The van der Waals surface area contributed by atoms with E-state index < -0.39 is 12.0 Å². The van der Waals surface area contributed by atoms with E-state index in [0.29, 0.717) is 23.5 Å². The predicted molar refractivity (Wildman–Crippen MR) is 90.2 cm³/mol. The van der Waals surface area contributed by atoms with Gasteiger partial charge in [0.2, 0.25) is 5.91 Å². The fourth-order valence-corrected chi connectivity index (χ4v) is 2.89. The summed E-state index contributed by atoms with van der Waals surface area (Å²) in [5, 5.41) is 2.78. The van der Waals surface area contributed by atoms with E-state index in [1.165, 1.54) is 29.2 Å². The fourth-order valence-electron chi connectivity index (χ4n) is 2.89. The molecule has 0 aromatic heterocycles. The first kappa shape index (κ1) is 16.5. The van der Waals surface area contributed by atoms with Crippen LogP contribution in [0.4, 0.5) is 14.5 Å². The molecule has 1 fully saturated rings. The second-order valence-corrected chi connectivity index (χ2v) is 6.46. The van der Waals surface area contributed by atoms with Gasteiger partial charge in [0.25, 0.3) is 11.8 Å². The summed E-state index contributed by atoms with van der Waals surface area (Å²) in [4.78, 5) is 26.2. The van der Waals surface area contributed by atoms with Crippen LogP contribution >= 0.6 is 0 Å². The number of carbonyl (C=O) groups excluding carboxylic acids is 2. The molecule has 0 saturated heterocycles. The van der Waals surface area contributed by atoms with Crippen molar-refractivity contribution in [2.24, 2.45) is 0 Å². The van der Waals surface area contributed by atoms with Crippen LogP contribution in [0, 0.1) is 0 Å². The maximum Gasteiger partial charge on any atom is 0.288 e. The Kier molecular flexibility index (Phi) is 3.86. The van der Waals surface area contributed by atoms with Gasteiger partial charge in [0.15, 0.2) is 6.10 Å². The smallest absolute Gasteiger partial charge is 0.288 e. The van der Waals surface area contributed by atoms with E-state index in [2.05, 4.69) is 5.32 Å². The fraction of sp³-hybridized carbons (Fsp3) is 0.263. The summed E-state index contributed by atoms with van der Waals surface area (Å²) in [5.41, 5.74) is 1.91. The molecule has 1 atom stereocenters. The maximum atomic E-state index is 12.9. The van der Waals surface area contributed by atoms with Gasteiger partial charge < -0.3 is 15.0 Å². The van der Waals surface area contributed by atoms with E-state index in [-0.39, 0.29) is 24.8 Å². The van der Waals surface area contributed by atoms with Crippen LogP contribution in [0.5, 0.6) is 5.75 Å². The molecule has 2 amide bonds. The van der Waals surface area contributed by atoms with Gasteiger partial charge in [0.05, 0.1) is 6.42 Å². The Labute approximate surface area is 148 Å². The van der Waals surface area contributed by atoms with Gasteiger partial charge in [0, 0.05) is 17.8 Å². The SMILES string of the molecule is O=C1CN(C(=O)c2ccc(OC3CC3(F)F)cc2)Cc2ccccc2N1. The lowest BCUT2D eigenvalue weighted by atomic mass is 10.1. The third-order valence-electron chi connectivity index (χ3n) is 4.42. The first-order valence-corrected chi connectivity index (χ1v) is 8.24. The number of rotatable bonds is 3. The monoisotopic (exact) mass is 358 g/mol. The average Bonchev–Trinajstić information content (AvgIpc) is 3.26. The Morgan fingerprint density at radius 1 is 1.12 bits per heavy atom. The molecule has 0 spiro atoms. The number of halogens is 2. The van der Waals surface area contributed by atoms with Crippen LogP contribution in [0.15, 0.2) is 48.5 Å². The van der Waals surface area contributed by atoms with Crippen LogP contribution in [-0.2, 0) is 11.3 Å². The highest BCUT2D eigenvalue weighted by atomic mass is 19.3. The molecule has 4 rings (SSSR count). The number of alkyl halides is 2. The zero-order chi connectivity index (χ0) is 18.3. The molecule has 2 aliphatic rings. The van der Waals surface area contributed by atoms with Gasteiger partial charge in [-0.25, -0.2) is 8.78 Å². The van der Waals surface area contributed by atoms with Crippen LogP contribution in [0.1, 0.15) is 22.3 Å². The lowest BCUT2D eigenvalue weighted by Crippen LogP contribution is -2.35. The summed E-state index contributed by atoms with van der Waals surface area (Å²) in [5.74, 6) is -3.04. The van der Waals surface area contributed by atoms with Crippen molar-refractivity contribution in [2.45, 2.75) is 25.0 Å². The molecular weight excluding hydrogens is 342 g/mol. The van der Waals surface area contributed by atoms with Crippen molar-refractivity contribution in [3.63, 3.8) is 0 Å². The van der Waals surface area contributed by atoms with Crippen LogP contribution in [0.3, 0.4) is 0 Å². The summed E-state index contributed by atoms with van der Waals surface area (Å²) in [6.45, 7) is 0.250. The minimum Gasteiger partial charge on any atom is -0.484 e. The van der Waals surface area contributed by atoms with Crippen LogP contribution in [0.25, 0.3) is 0 Å². The number of fused-ring (bicyclic) bond motifs is 1. The van der Waals surface area contributed by atoms with Crippen molar-refractivity contribution >= 4 is 17.5 Å². The maximum absolute atomic E-state index is 12.9. The van der Waals surface area contributed by atoms with Crippen molar-refractivity contribution in [3.05, 3.63) is 59.7 Å². The number of ether oxygens (including phenoxy) is 1. The van der Waals surface area contributed by atoms with E-state index in [4.69, 9.17) is 4.74 Å². The van der Waals surface area contributed by atoms with Gasteiger partial charge in [-0.15, -0.1) is 0 Å². The molecule has 2 aromatic rings. The first-order chi connectivity index (χ1) is 12.4. The highest BCUT2D eigenvalue weighted by Crippen LogP contribution is 2.44. The van der Waals surface area contributed by atoms with Gasteiger partial charge in [0.1, 0.15) is 12.3 Å². The second kappa shape index (κ2) is 6.09.